The van der Waals surface area contributed by atoms with Gasteiger partial charge in [-0.2, -0.15) is 0 Å². The first-order chi connectivity index (χ1) is 10.5. The van der Waals surface area contributed by atoms with Gasteiger partial charge in [0.25, 0.3) is 5.56 Å². The predicted octanol–water partition coefficient (Wildman–Crippen LogP) is 3.31. The standard InChI is InChI=1S/C16H16BrClN2O2/c1-19(10-12-4-2-3-5-14(12)18)15(21)8-9-20-11-13(17)6-7-16(20)22/h2-7,11H,8-10H2,1H3. The molecule has 0 saturated carbocycles. The third-order valence-corrected chi connectivity index (χ3v) is 4.14. The van der Waals surface area contributed by atoms with Crippen LogP contribution >= 0.6 is 27.5 Å². The second-order valence-corrected chi connectivity index (χ2v) is 6.29. The highest BCUT2D eigenvalue weighted by molar-refractivity contribution is 9.10. The van der Waals surface area contributed by atoms with E-state index in [4.69, 9.17) is 11.6 Å². The average Bonchev–Trinajstić information content (AvgIpc) is 2.50. The van der Waals surface area contributed by atoms with Crippen LogP contribution in [0.1, 0.15) is 12.0 Å². The Balaban J connectivity index is 1.96. The third-order valence-electron chi connectivity index (χ3n) is 3.31. The van der Waals surface area contributed by atoms with Crippen LogP contribution in [0.25, 0.3) is 0 Å². The molecule has 0 spiro atoms. The highest BCUT2D eigenvalue weighted by Gasteiger charge is 2.11. The van der Waals surface area contributed by atoms with Crippen molar-refractivity contribution in [2.24, 2.45) is 0 Å². The Labute approximate surface area is 142 Å². The average molecular weight is 384 g/mol. The molecule has 0 aliphatic heterocycles. The zero-order valence-corrected chi connectivity index (χ0v) is 14.5. The van der Waals surface area contributed by atoms with Gasteiger partial charge in [0.1, 0.15) is 0 Å². The lowest BCUT2D eigenvalue weighted by Gasteiger charge is -2.18. The number of aromatic nitrogens is 1. The van der Waals surface area contributed by atoms with Crippen molar-refractivity contribution < 1.29 is 4.79 Å². The maximum atomic E-state index is 12.2. The Bertz CT molecular complexity index is 730. The number of pyridine rings is 1. The molecule has 1 aromatic heterocycles. The van der Waals surface area contributed by atoms with Gasteiger partial charge >= 0.3 is 0 Å². The van der Waals surface area contributed by atoms with Gasteiger partial charge in [0.05, 0.1) is 0 Å². The zero-order chi connectivity index (χ0) is 16.1. The minimum atomic E-state index is -0.121. The fourth-order valence-electron chi connectivity index (χ4n) is 2.05. The molecule has 6 heteroatoms. The van der Waals surface area contributed by atoms with Crippen molar-refractivity contribution in [3.63, 3.8) is 0 Å². The summed E-state index contributed by atoms with van der Waals surface area (Å²) in [5, 5.41) is 0.644. The first-order valence-electron chi connectivity index (χ1n) is 6.81. The summed E-state index contributed by atoms with van der Waals surface area (Å²) in [6.45, 7) is 0.801. The Hall–Kier alpha value is -1.59. The SMILES string of the molecule is CN(Cc1ccccc1Cl)C(=O)CCn1cc(Br)ccc1=O. The molecular formula is C16H16BrClN2O2. The Kier molecular flexibility index (Phi) is 5.80. The molecule has 0 unspecified atom stereocenters. The molecule has 0 atom stereocenters. The van der Waals surface area contributed by atoms with Crippen molar-refractivity contribution in [1.82, 2.24) is 9.47 Å². The summed E-state index contributed by atoms with van der Waals surface area (Å²) in [6.07, 6.45) is 1.95. The quantitative estimate of drug-likeness (QED) is 0.795. The van der Waals surface area contributed by atoms with Crippen LogP contribution in [0.15, 0.2) is 51.9 Å². The smallest absolute Gasteiger partial charge is 0.250 e. The van der Waals surface area contributed by atoms with Gasteiger partial charge in [-0.3, -0.25) is 9.59 Å². The molecule has 4 nitrogen and oxygen atoms in total. The van der Waals surface area contributed by atoms with Crippen molar-refractivity contribution >= 4 is 33.4 Å². The molecule has 22 heavy (non-hydrogen) atoms. The molecule has 1 heterocycles. The molecule has 0 fully saturated rings. The maximum absolute atomic E-state index is 12.2. The van der Waals surface area contributed by atoms with Gasteiger partial charge in [0, 0.05) is 48.3 Å². The van der Waals surface area contributed by atoms with Crippen molar-refractivity contribution in [1.29, 1.82) is 0 Å². The van der Waals surface area contributed by atoms with E-state index in [0.717, 1.165) is 10.0 Å². The number of carbonyl (C=O) groups is 1. The molecule has 0 aliphatic carbocycles. The fraction of sp³-hybridized carbons (Fsp3) is 0.250. The van der Waals surface area contributed by atoms with Crippen molar-refractivity contribution in [3.8, 4) is 0 Å². The maximum Gasteiger partial charge on any atom is 0.250 e. The summed E-state index contributed by atoms with van der Waals surface area (Å²) >= 11 is 9.41. The van der Waals surface area contributed by atoms with E-state index >= 15 is 0 Å². The number of hydrogen-bond donors (Lipinski definition) is 0. The minimum absolute atomic E-state index is 0.0354. The first kappa shape index (κ1) is 16.8. The van der Waals surface area contributed by atoms with E-state index < -0.39 is 0 Å². The monoisotopic (exact) mass is 382 g/mol. The molecule has 1 aromatic carbocycles. The lowest BCUT2D eigenvalue weighted by molar-refractivity contribution is -0.130. The van der Waals surface area contributed by atoms with Crippen LogP contribution in [0.3, 0.4) is 0 Å². The molecule has 2 rings (SSSR count). The number of halogens is 2. The molecule has 1 amide bonds. The van der Waals surface area contributed by atoms with Crippen LogP contribution in [-0.2, 0) is 17.9 Å². The molecule has 0 bridgehead atoms. The lowest BCUT2D eigenvalue weighted by Crippen LogP contribution is -2.29. The summed E-state index contributed by atoms with van der Waals surface area (Å²) in [7, 11) is 1.73. The highest BCUT2D eigenvalue weighted by atomic mass is 79.9. The highest BCUT2D eigenvalue weighted by Crippen LogP contribution is 2.16. The van der Waals surface area contributed by atoms with Gasteiger partial charge in [0.2, 0.25) is 5.91 Å². The van der Waals surface area contributed by atoms with Crippen LogP contribution in [0, 0.1) is 0 Å². The molecule has 2 aromatic rings. The minimum Gasteiger partial charge on any atom is -0.341 e. The van der Waals surface area contributed by atoms with Gasteiger partial charge in [-0.25, -0.2) is 0 Å². The third kappa shape index (κ3) is 4.45. The first-order valence-corrected chi connectivity index (χ1v) is 7.98. The Morgan fingerprint density at radius 1 is 1.27 bits per heavy atom. The summed E-state index contributed by atoms with van der Waals surface area (Å²) in [5.74, 6) is -0.0354. The van der Waals surface area contributed by atoms with E-state index in [2.05, 4.69) is 15.9 Å². The van der Waals surface area contributed by atoms with Gasteiger partial charge in [0.15, 0.2) is 0 Å². The van der Waals surface area contributed by atoms with Gasteiger partial charge in [-0.15, -0.1) is 0 Å². The van der Waals surface area contributed by atoms with E-state index in [9.17, 15) is 9.59 Å². The lowest BCUT2D eigenvalue weighted by atomic mass is 10.2. The second kappa shape index (κ2) is 7.61. The van der Waals surface area contributed by atoms with Gasteiger partial charge < -0.3 is 9.47 Å². The van der Waals surface area contributed by atoms with E-state index in [-0.39, 0.29) is 17.9 Å². The number of hydrogen-bond acceptors (Lipinski definition) is 2. The van der Waals surface area contributed by atoms with Crippen molar-refractivity contribution in [3.05, 3.63) is 68.0 Å². The van der Waals surface area contributed by atoms with Crippen LogP contribution in [-0.4, -0.2) is 22.4 Å². The largest absolute Gasteiger partial charge is 0.341 e. The van der Waals surface area contributed by atoms with Gasteiger partial charge in [-0.1, -0.05) is 29.8 Å². The van der Waals surface area contributed by atoms with Crippen molar-refractivity contribution in [2.45, 2.75) is 19.5 Å². The number of aryl methyl sites for hydroxylation is 1. The predicted molar refractivity (Wildman–Crippen MR) is 90.9 cm³/mol. The number of benzene rings is 1. The zero-order valence-electron chi connectivity index (χ0n) is 12.1. The molecule has 0 aliphatic rings. The van der Waals surface area contributed by atoms with Crippen LogP contribution in [0.2, 0.25) is 5.02 Å². The Morgan fingerprint density at radius 2 is 2.00 bits per heavy atom. The second-order valence-electron chi connectivity index (χ2n) is 4.97. The molecular weight excluding hydrogens is 368 g/mol. The number of carbonyl (C=O) groups excluding carboxylic acids is 1. The summed E-state index contributed by atoms with van der Waals surface area (Å²) in [5.41, 5.74) is 0.782. The molecule has 0 radical (unpaired) electrons. The van der Waals surface area contributed by atoms with Crippen LogP contribution < -0.4 is 5.56 Å². The van der Waals surface area contributed by atoms with E-state index in [1.165, 1.54) is 10.6 Å². The fourth-order valence-corrected chi connectivity index (χ4v) is 2.63. The van der Waals surface area contributed by atoms with Crippen LogP contribution in [0.5, 0.6) is 0 Å². The topological polar surface area (TPSA) is 42.3 Å². The van der Waals surface area contributed by atoms with Crippen molar-refractivity contribution in [2.75, 3.05) is 7.05 Å². The number of rotatable bonds is 5. The number of amides is 1. The van der Waals surface area contributed by atoms with E-state index in [1.54, 1.807) is 30.3 Å². The van der Waals surface area contributed by atoms with E-state index in [0.29, 0.717) is 18.1 Å². The van der Waals surface area contributed by atoms with Gasteiger partial charge in [-0.05, 0) is 33.6 Å². The summed E-state index contributed by atoms with van der Waals surface area (Å²) in [4.78, 5) is 25.5. The normalized spacial score (nSPS) is 10.5. The molecule has 0 N–H and O–H groups in total. The summed E-state index contributed by atoms with van der Waals surface area (Å²) < 4.78 is 2.33. The Morgan fingerprint density at radius 3 is 2.73 bits per heavy atom. The molecule has 116 valence electrons. The summed E-state index contributed by atoms with van der Waals surface area (Å²) in [6, 6.07) is 10.6. The van der Waals surface area contributed by atoms with Crippen LogP contribution in [0.4, 0.5) is 0 Å². The van der Waals surface area contributed by atoms with E-state index in [1.807, 2.05) is 18.2 Å². The molecule has 0 saturated heterocycles. The number of nitrogens with zero attached hydrogens (tertiary/aromatic N) is 2.